The van der Waals surface area contributed by atoms with E-state index in [1.165, 1.54) is 5.56 Å². The van der Waals surface area contributed by atoms with E-state index in [9.17, 15) is 0 Å². The van der Waals surface area contributed by atoms with Crippen molar-refractivity contribution in [1.29, 1.82) is 5.41 Å². The second-order valence-corrected chi connectivity index (χ2v) is 5.98. The smallest absolute Gasteiger partial charge is 0.123 e. The molecular weight excluding hydrogens is 250 g/mol. The van der Waals surface area contributed by atoms with E-state index in [0.29, 0.717) is 12.3 Å². The molecule has 1 heterocycles. The third kappa shape index (κ3) is 4.23. The number of ether oxygens (including phenoxy) is 1. The van der Waals surface area contributed by atoms with Crippen LogP contribution in [-0.4, -0.2) is 36.5 Å². The lowest BCUT2D eigenvalue weighted by Crippen LogP contribution is -2.38. The SMILES string of the molecule is CC(C)CN(CCC(=N)N)CC1Cc2ccccc2O1. The fourth-order valence-electron chi connectivity index (χ4n) is 2.70. The molecule has 0 aromatic heterocycles. The van der Waals surface area contributed by atoms with Crippen LogP contribution in [0.3, 0.4) is 0 Å². The maximum atomic E-state index is 7.38. The Balaban J connectivity index is 1.90. The van der Waals surface area contributed by atoms with Crippen molar-refractivity contribution in [3.05, 3.63) is 29.8 Å². The summed E-state index contributed by atoms with van der Waals surface area (Å²) in [5.41, 5.74) is 6.77. The van der Waals surface area contributed by atoms with E-state index in [0.717, 1.165) is 31.8 Å². The lowest BCUT2D eigenvalue weighted by molar-refractivity contribution is 0.142. The zero-order valence-electron chi connectivity index (χ0n) is 12.4. The molecule has 1 aliphatic rings. The normalized spacial score (nSPS) is 17.3. The quantitative estimate of drug-likeness (QED) is 0.593. The van der Waals surface area contributed by atoms with Gasteiger partial charge in [-0.2, -0.15) is 0 Å². The molecule has 0 amide bonds. The van der Waals surface area contributed by atoms with Crippen LogP contribution in [0.2, 0.25) is 0 Å². The third-order valence-electron chi connectivity index (χ3n) is 3.50. The average Bonchev–Trinajstić information content (AvgIpc) is 2.77. The minimum Gasteiger partial charge on any atom is -0.488 e. The molecule has 4 nitrogen and oxygen atoms in total. The predicted molar refractivity (Wildman–Crippen MR) is 82.4 cm³/mol. The first-order valence-corrected chi connectivity index (χ1v) is 7.34. The maximum absolute atomic E-state index is 7.38. The Morgan fingerprint density at radius 3 is 2.85 bits per heavy atom. The average molecular weight is 275 g/mol. The molecule has 0 aliphatic carbocycles. The minimum absolute atomic E-state index is 0.220. The molecule has 0 fully saturated rings. The summed E-state index contributed by atoms with van der Waals surface area (Å²) in [6.45, 7) is 7.18. The summed E-state index contributed by atoms with van der Waals surface area (Å²) in [4.78, 5) is 2.36. The van der Waals surface area contributed by atoms with Crippen LogP contribution in [0.1, 0.15) is 25.8 Å². The van der Waals surface area contributed by atoms with E-state index in [-0.39, 0.29) is 11.9 Å². The molecule has 0 saturated heterocycles. The number of hydrogen-bond donors (Lipinski definition) is 2. The van der Waals surface area contributed by atoms with Gasteiger partial charge in [0, 0.05) is 32.5 Å². The summed E-state index contributed by atoms with van der Waals surface area (Å²) in [5.74, 6) is 1.88. The van der Waals surface area contributed by atoms with Crippen LogP contribution in [0, 0.1) is 11.3 Å². The first-order chi connectivity index (χ1) is 9.54. The fraction of sp³-hybridized carbons (Fsp3) is 0.562. The number of rotatable bonds is 7. The van der Waals surface area contributed by atoms with Crippen LogP contribution < -0.4 is 10.5 Å². The predicted octanol–water partition coefficient (Wildman–Crippen LogP) is 2.27. The topological polar surface area (TPSA) is 62.3 Å². The summed E-state index contributed by atoms with van der Waals surface area (Å²) < 4.78 is 6.00. The first-order valence-electron chi connectivity index (χ1n) is 7.34. The van der Waals surface area contributed by atoms with Crippen molar-refractivity contribution in [1.82, 2.24) is 4.90 Å². The van der Waals surface area contributed by atoms with Crippen molar-refractivity contribution in [2.24, 2.45) is 11.7 Å². The number of para-hydroxylation sites is 1. The van der Waals surface area contributed by atoms with Crippen LogP contribution in [0.25, 0.3) is 0 Å². The molecular formula is C16H25N3O. The Morgan fingerprint density at radius 1 is 1.45 bits per heavy atom. The number of nitrogens with zero attached hydrogens (tertiary/aromatic N) is 1. The highest BCUT2D eigenvalue weighted by Gasteiger charge is 2.24. The molecule has 1 aliphatic heterocycles. The van der Waals surface area contributed by atoms with E-state index >= 15 is 0 Å². The molecule has 0 spiro atoms. The number of benzene rings is 1. The van der Waals surface area contributed by atoms with Gasteiger partial charge in [-0.1, -0.05) is 32.0 Å². The number of fused-ring (bicyclic) bond motifs is 1. The largest absolute Gasteiger partial charge is 0.488 e. The molecule has 110 valence electrons. The zero-order valence-corrected chi connectivity index (χ0v) is 12.4. The third-order valence-corrected chi connectivity index (χ3v) is 3.50. The van der Waals surface area contributed by atoms with Crippen molar-refractivity contribution in [3.8, 4) is 5.75 Å². The zero-order chi connectivity index (χ0) is 14.5. The van der Waals surface area contributed by atoms with Gasteiger partial charge in [0.1, 0.15) is 11.9 Å². The molecule has 1 unspecified atom stereocenters. The molecule has 0 bridgehead atoms. The van der Waals surface area contributed by atoms with Crippen LogP contribution in [-0.2, 0) is 6.42 Å². The Morgan fingerprint density at radius 2 is 2.20 bits per heavy atom. The Hall–Kier alpha value is -1.55. The number of nitrogens with two attached hydrogens (primary N) is 1. The summed E-state index contributed by atoms with van der Waals surface area (Å²) in [5, 5.41) is 7.38. The van der Waals surface area contributed by atoms with Crippen LogP contribution in [0.15, 0.2) is 24.3 Å². The minimum atomic E-state index is 0.220. The second-order valence-electron chi connectivity index (χ2n) is 5.98. The van der Waals surface area contributed by atoms with Crippen LogP contribution >= 0.6 is 0 Å². The number of hydrogen-bond acceptors (Lipinski definition) is 3. The second kappa shape index (κ2) is 6.75. The Labute approximate surface area is 121 Å². The molecule has 2 rings (SSSR count). The van der Waals surface area contributed by atoms with Gasteiger partial charge in [0.2, 0.25) is 0 Å². The molecule has 1 atom stereocenters. The molecule has 20 heavy (non-hydrogen) atoms. The maximum Gasteiger partial charge on any atom is 0.123 e. The summed E-state index contributed by atoms with van der Waals surface area (Å²) in [6, 6.07) is 8.25. The lowest BCUT2D eigenvalue weighted by Gasteiger charge is -2.26. The van der Waals surface area contributed by atoms with Crippen molar-refractivity contribution in [2.75, 3.05) is 19.6 Å². The molecule has 0 saturated carbocycles. The van der Waals surface area contributed by atoms with Gasteiger partial charge in [0.15, 0.2) is 0 Å². The highest BCUT2D eigenvalue weighted by molar-refractivity contribution is 5.76. The summed E-state index contributed by atoms with van der Waals surface area (Å²) in [7, 11) is 0. The van der Waals surface area contributed by atoms with E-state index < -0.39 is 0 Å². The molecule has 0 radical (unpaired) electrons. The van der Waals surface area contributed by atoms with Crippen molar-refractivity contribution in [2.45, 2.75) is 32.8 Å². The van der Waals surface area contributed by atoms with Gasteiger partial charge in [-0.3, -0.25) is 10.3 Å². The monoisotopic (exact) mass is 275 g/mol. The highest BCUT2D eigenvalue weighted by Crippen LogP contribution is 2.28. The standard InChI is InChI=1S/C16H25N3O/c1-12(2)10-19(8-7-16(17)18)11-14-9-13-5-3-4-6-15(13)20-14/h3-6,12,14H,7-11H2,1-2H3,(H3,17,18). The van der Waals surface area contributed by atoms with Crippen LogP contribution in [0.4, 0.5) is 0 Å². The van der Waals surface area contributed by atoms with Crippen molar-refractivity contribution >= 4 is 5.84 Å². The summed E-state index contributed by atoms with van der Waals surface area (Å²) in [6.07, 6.45) is 1.83. The highest BCUT2D eigenvalue weighted by atomic mass is 16.5. The number of nitrogens with one attached hydrogen (secondary N) is 1. The number of amidine groups is 1. The molecule has 1 aromatic rings. The van der Waals surface area contributed by atoms with Crippen LogP contribution in [0.5, 0.6) is 5.75 Å². The Kier molecular flexibility index (Phi) is 5.01. The van der Waals surface area contributed by atoms with E-state index in [4.69, 9.17) is 15.9 Å². The van der Waals surface area contributed by atoms with Crippen molar-refractivity contribution < 1.29 is 4.74 Å². The first kappa shape index (κ1) is 14.9. The molecule has 1 aromatic carbocycles. The van der Waals surface area contributed by atoms with Gasteiger partial charge in [-0.05, 0) is 17.5 Å². The van der Waals surface area contributed by atoms with Crippen molar-refractivity contribution in [3.63, 3.8) is 0 Å². The molecule has 4 heteroatoms. The van der Waals surface area contributed by atoms with E-state index in [1.807, 2.05) is 12.1 Å². The van der Waals surface area contributed by atoms with Gasteiger partial charge in [-0.25, -0.2) is 0 Å². The van der Waals surface area contributed by atoms with Gasteiger partial charge in [0.05, 0.1) is 5.84 Å². The fourth-order valence-corrected chi connectivity index (χ4v) is 2.70. The Bertz CT molecular complexity index is 434. The van der Waals surface area contributed by atoms with E-state index in [1.54, 1.807) is 0 Å². The van der Waals surface area contributed by atoms with Gasteiger partial charge < -0.3 is 10.5 Å². The van der Waals surface area contributed by atoms with Gasteiger partial charge in [-0.15, -0.1) is 0 Å². The van der Waals surface area contributed by atoms with E-state index in [2.05, 4.69) is 30.9 Å². The molecule has 3 N–H and O–H groups in total. The van der Waals surface area contributed by atoms with Gasteiger partial charge in [0.25, 0.3) is 0 Å². The summed E-state index contributed by atoms with van der Waals surface area (Å²) >= 11 is 0. The van der Waals surface area contributed by atoms with Gasteiger partial charge >= 0.3 is 0 Å². The lowest BCUT2D eigenvalue weighted by atomic mass is 10.1.